The minimum absolute atomic E-state index is 0.0123. The van der Waals surface area contributed by atoms with Gasteiger partial charge in [-0.25, -0.2) is 8.42 Å². The Hall–Kier alpha value is -3.74. The molecule has 0 heterocycles. The highest BCUT2D eigenvalue weighted by molar-refractivity contribution is 7.93. The molecule has 0 aromatic heterocycles. The molecule has 0 saturated carbocycles. The fourth-order valence-electron chi connectivity index (χ4n) is 3.49. The van der Waals surface area contributed by atoms with Crippen molar-refractivity contribution in [3.8, 4) is 23.0 Å². The zero-order chi connectivity index (χ0) is 27.2. The van der Waals surface area contributed by atoms with E-state index >= 15 is 0 Å². The molecule has 0 bridgehead atoms. The summed E-state index contributed by atoms with van der Waals surface area (Å²) in [5.74, 6) is 1.94. The molecule has 0 saturated heterocycles. The van der Waals surface area contributed by atoms with Crippen molar-refractivity contribution in [2.24, 2.45) is 0 Å². The number of benzene rings is 3. The van der Waals surface area contributed by atoms with Gasteiger partial charge >= 0.3 is 0 Å². The predicted octanol–water partition coefficient (Wildman–Crippen LogP) is 3.61. The van der Waals surface area contributed by atoms with E-state index in [-0.39, 0.29) is 27.8 Å². The number of methoxy groups -OCH3 is 4. The summed E-state index contributed by atoms with van der Waals surface area (Å²) < 4.78 is 62.7. The molecule has 198 valence electrons. The molecule has 12 heteroatoms. The second-order valence-electron chi connectivity index (χ2n) is 7.71. The van der Waals surface area contributed by atoms with Crippen LogP contribution in [-0.2, 0) is 27.0 Å². The van der Waals surface area contributed by atoms with Crippen molar-refractivity contribution < 1.29 is 31.9 Å². The number of nitrogen functional groups attached to an aromatic ring is 2. The van der Waals surface area contributed by atoms with Gasteiger partial charge in [-0.2, -0.15) is 0 Å². The lowest BCUT2D eigenvalue weighted by molar-refractivity contribution is 0.374. The van der Waals surface area contributed by atoms with E-state index in [1.165, 1.54) is 52.0 Å². The van der Waals surface area contributed by atoms with Gasteiger partial charge in [-0.05, 0) is 41.5 Å². The summed E-state index contributed by atoms with van der Waals surface area (Å²) in [6.45, 7) is 0. The average Bonchev–Trinajstić information content (AvgIpc) is 2.86. The molecule has 0 spiro atoms. The van der Waals surface area contributed by atoms with Gasteiger partial charge in [-0.3, -0.25) is 4.72 Å². The third-order valence-electron chi connectivity index (χ3n) is 5.28. The molecule has 0 aliphatic rings. The Morgan fingerprint density at radius 3 is 2.11 bits per heavy atom. The van der Waals surface area contributed by atoms with E-state index in [9.17, 15) is 13.0 Å². The van der Waals surface area contributed by atoms with Gasteiger partial charge in [0, 0.05) is 29.5 Å². The van der Waals surface area contributed by atoms with Crippen LogP contribution in [0.1, 0.15) is 11.1 Å². The van der Waals surface area contributed by atoms with E-state index in [4.69, 9.17) is 30.4 Å². The van der Waals surface area contributed by atoms with Crippen molar-refractivity contribution >= 4 is 44.3 Å². The molecule has 0 amide bonds. The molecular weight excluding hydrogens is 518 g/mol. The van der Waals surface area contributed by atoms with E-state index < -0.39 is 21.2 Å². The summed E-state index contributed by atoms with van der Waals surface area (Å²) in [6.07, 6.45) is 1.64. The van der Waals surface area contributed by atoms with Crippen LogP contribution in [0.3, 0.4) is 0 Å². The minimum atomic E-state index is -4.04. The van der Waals surface area contributed by atoms with Crippen LogP contribution in [0.15, 0.2) is 58.8 Å². The molecule has 0 fully saturated rings. The summed E-state index contributed by atoms with van der Waals surface area (Å²) in [5, 5.41) is 1.51. The van der Waals surface area contributed by atoms with Crippen LogP contribution in [0.5, 0.6) is 23.0 Å². The molecular formula is C25H29N3O7S2. The van der Waals surface area contributed by atoms with E-state index in [1.54, 1.807) is 36.4 Å². The van der Waals surface area contributed by atoms with Gasteiger partial charge in [0.1, 0.15) is 39.1 Å². The number of rotatable bonds is 11. The molecule has 1 atom stereocenters. The average molecular weight is 548 g/mol. The normalized spacial score (nSPS) is 12.2. The summed E-state index contributed by atoms with van der Waals surface area (Å²) in [4.78, 5) is -0.122. The molecule has 3 rings (SSSR count). The predicted molar refractivity (Wildman–Crippen MR) is 146 cm³/mol. The second-order valence-corrected chi connectivity index (χ2v) is 10.7. The highest BCUT2D eigenvalue weighted by atomic mass is 32.2. The highest BCUT2D eigenvalue weighted by Gasteiger charge is 2.21. The van der Waals surface area contributed by atoms with Crippen molar-refractivity contribution in [3.05, 3.63) is 65.1 Å². The molecule has 0 aliphatic heterocycles. The first-order valence-corrected chi connectivity index (χ1v) is 13.7. The van der Waals surface area contributed by atoms with Gasteiger partial charge in [0.25, 0.3) is 10.0 Å². The largest absolute Gasteiger partial charge is 0.612 e. The molecule has 1 unspecified atom stereocenters. The van der Waals surface area contributed by atoms with Crippen molar-refractivity contribution in [1.29, 1.82) is 0 Å². The van der Waals surface area contributed by atoms with E-state index in [2.05, 4.69) is 4.72 Å². The lowest BCUT2D eigenvalue weighted by atomic mass is 10.1. The van der Waals surface area contributed by atoms with Crippen LogP contribution in [0.4, 0.5) is 17.1 Å². The maximum Gasteiger partial charge on any atom is 0.264 e. The molecule has 3 aromatic rings. The maximum atomic E-state index is 13.0. The van der Waals surface area contributed by atoms with E-state index in [0.717, 1.165) is 0 Å². The van der Waals surface area contributed by atoms with Crippen LogP contribution < -0.4 is 35.1 Å². The quantitative estimate of drug-likeness (QED) is 0.241. The van der Waals surface area contributed by atoms with Crippen molar-refractivity contribution in [1.82, 2.24) is 0 Å². The fraction of sp³-hybridized carbons (Fsp3) is 0.200. The van der Waals surface area contributed by atoms with Gasteiger partial charge in [-0.15, -0.1) is 0 Å². The number of ether oxygens (including phenoxy) is 4. The first-order chi connectivity index (χ1) is 17.6. The highest BCUT2D eigenvalue weighted by Crippen LogP contribution is 2.35. The lowest BCUT2D eigenvalue weighted by Crippen LogP contribution is -2.16. The first kappa shape index (κ1) is 27.8. The summed E-state index contributed by atoms with van der Waals surface area (Å²) in [6, 6.07) is 12.4. The van der Waals surface area contributed by atoms with Gasteiger partial charge in [0.2, 0.25) is 0 Å². The van der Waals surface area contributed by atoms with Crippen LogP contribution >= 0.6 is 0 Å². The SMILES string of the molecule is COc1cc(OC)c(/C=C/[S+]([O-])Cc2ccc(OC)c(NS(=O)(=O)c3ccc(N)cc3N)c2)c(OC)c1. The summed E-state index contributed by atoms with van der Waals surface area (Å²) in [5.41, 5.74) is 13.3. The van der Waals surface area contributed by atoms with Crippen molar-refractivity contribution in [2.45, 2.75) is 10.6 Å². The van der Waals surface area contributed by atoms with Gasteiger partial charge in [0.05, 0.1) is 45.4 Å². The number of sulfonamides is 1. The van der Waals surface area contributed by atoms with Crippen LogP contribution in [0, 0.1) is 0 Å². The van der Waals surface area contributed by atoms with E-state index in [1.807, 2.05) is 0 Å². The minimum Gasteiger partial charge on any atom is -0.612 e. The number of nitrogens with one attached hydrogen (secondary N) is 1. The molecule has 5 N–H and O–H groups in total. The Bertz CT molecular complexity index is 1370. The Labute approximate surface area is 219 Å². The zero-order valence-corrected chi connectivity index (χ0v) is 22.4. The number of nitrogens with two attached hydrogens (primary N) is 2. The Balaban J connectivity index is 1.84. The third kappa shape index (κ3) is 6.73. The smallest absolute Gasteiger partial charge is 0.264 e. The first-order valence-electron chi connectivity index (χ1n) is 10.8. The Kier molecular flexibility index (Phi) is 9.03. The standard InChI is InChI=1S/C25H29N3O7S2/c1-32-18-13-23(34-3)19(24(14-18)35-4)9-10-36(29)15-16-5-7-22(33-2)21(11-16)28-37(30,31)25-8-6-17(26)12-20(25)27/h5-14,28H,15,26-27H2,1-4H3/b10-9+. The topological polar surface area (TPSA) is 158 Å². The fourth-order valence-corrected chi connectivity index (χ4v) is 5.56. The van der Waals surface area contributed by atoms with Gasteiger partial charge in [0.15, 0.2) is 0 Å². The zero-order valence-electron chi connectivity index (χ0n) is 20.8. The number of hydrogen-bond donors (Lipinski definition) is 3. The van der Waals surface area contributed by atoms with Crippen LogP contribution in [0.2, 0.25) is 0 Å². The molecule has 10 nitrogen and oxygen atoms in total. The molecule has 0 aliphatic carbocycles. The summed E-state index contributed by atoms with van der Waals surface area (Å²) >= 11 is -1.46. The van der Waals surface area contributed by atoms with Crippen molar-refractivity contribution in [2.75, 3.05) is 44.6 Å². The Morgan fingerprint density at radius 2 is 1.54 bits per heavy atom. The lowest BCUT2D eigenvalue weighted by Gasteiger charge is -2.15. The maximum absolute atomic E-state index is 13.0. The number of hydrogen-bond acceptors (Lipinski definition) is 9. The molecule has 37 heavy (non-hydrogen) atoms. The van der Waals surface area contributed by atoms with Crippen molar-refractivity contribution in [3.63, 3.8) is 0 Å². The van der Waals surface area contributed by atoms with Crippen LogP contribution in [-0.4, -0.2) is 41.4 Å². The summed E-state index contributed by atoms with van der Waals surface area (Å²) in [7, 11) is 1.94. The molecule has 3 aromatic carbocycles. The third-order valence-corrected chi connectivity index (χ3v) is 7.78. The van der Waals surface area contributed by atoms with Gasteiger partial charge < -0.3 is 35.0 Å². The molecule has 0 radical (unpaired) electrons. The monoisotopic (exact) mass is 547 g/mol. The Morgan fingerprint density at radius 1 is 0.892 bits per heavy atom. The second kappa shape index (κ2) is 12.0. The van der Waals surface area contributed by atoms with E-state index in [0.29, 0.717) is 34.1 Å². The number of anilines is 3. The van der Waals surface area contributed by atoms with Gasteiger partial charge in [-0.1, -0.05) is 6.07 Å². The van der Waals surface area contributed by atoms with Crippen LogP contribution in [0.25, 0.3) is 6.08 Å².